The van der Waals surface area contributed by atoms with Gasteiger partial charge in [-0.3, -0.25) is 9.59 Å². The topological polar surface area (TPSA) is 46.2 Å². The summed E-state index contributed by atoms with van der Waals surface area (Å²) < 4.78 is 35.9. The summed E-state index contributed by atoms with van der Waals surface area (Å²) in [5.74, 6) is -0.572. The van der Waals surface area contributed by atoms with Crippen molar-refractivity contribution in [3.8, 4) is 0 Å². The van der Waals surface area contributed by atoms with Crippen molar-refractivity contribution in [2.75, 3.05) is 5.32 Å². The molecule has 0 saturated heterocycles. The summed E-state index contributed by atoms with van der Waals surface area (Å²) in [7, 11) is 0. The molecule has 0 aromatic heterocycles. The molecule has 0 radical (unpaired) electrons. The van der Waals surface area contributed by atoms with E-state index in [2.05, 4.69) is 5.32 Å². The first-order chi connectivity index (χ1) is 8.83. The molecule has 1 amide bonds. The van der Waals surface area contributed by atoms with E-state index in [1.165, 1.54) is 0 Å². The molecule has 0 unspecified atom stereocenters. The molecule has 0 saturated carbocycles. The van der Waals surface area contributed by atoms with Crippen LogP contribution in [0.5, 0.6) is 0 Å². The standard InChI is InChI=1S/C13H12F3NO2/c14-13(15,16)4-3-12(19)17-10-2-1-8-6-11(18)7-9(8)5-10/h1-2,5H,3-4,6-7H2,(H,17,19). The highest BCUT2D eigenvalue weighted by Gasteiger charge is 2.28. The number of alkyl halides is 3. The maximum absolute atomic E-state index is 12.0. The maximum atomic E-state index is 12.0. The Morgan fingerprint density at radius 3 is 2.58 bits per heavy atom. The highest BCUT2D eigenvalue weighted by Crippen LogP contribution is 2.24. The molecule has 0 bridgehead atoms. The van der Waals surface area contributed by atoms with Crippen LogP contribution in [0, 0.1) is 0 Å². The third-order valence-electron chi connectivity index (χ3n) is 2.90. The van der Waals surface area contributed by atoms with Crippen molar-refractivity contribution in [3.63, 3.8) is 0 Å². The third kappa shape index (κ3) is 3.81. The van der Waals surface area contributed by atoms with Crippen molar-refractivity contribution >= 4 is 17.4 Å². The van der Waals surface area contributed by atoms with Crippen LogP contribution in [0.25, 0.3) is 0 Å². The van der Waals surface area contributed by atoms with Gasteiger partial charge in [0, 0.05) is 24.9 Å². The van der Waals surface area contributed by atoms with Gasteiger partial charge in [-0.1, -0.05) is 6.07 Å². The Kier molecular flexibility index (Phi) is 3.59. The number of carbonyl (C=O) groups is 2. The molecule has 0 spiro atoms. The number of fused-ring (bicyclic) bond motifs is 1. The molecule has 19 heavy (non-hydrogen) atoms. The van der Waals surface area contributed by atoms with Gasteiger partial charge in [0.2, 0.25) is 5.91 Å². The van der Waals surface area contributed by atoms with Gasteiger partial charge in [-0.2, -0.15) is 13.2 Å². The average molecular weight is 271 g/mol. The smallest absolute Gasteiger partial charge is 0.326 e. The molecule has 0 fully saturated rings. The Morgan fingerprint density at radius 1 is 1.21 bits per heavy atom. The van der Waals surface area contributed by atoms with Crippen molar-refractivity contribution in [1.82, 2.24) is 0 Å². The number of anilines is 1. The molecule has 0 aliphatic heterocycles. The summed E-state index contributed by atoms with van der Waals surface area (Å²) in [4.78, 5) is 22.6. The van der Waals surface area contributed by atoms with Crippen LogP contribution in [0.4, 0.5) is 18.9 Å². The number of Topliss-reactive ketones (excluding diaryl/α,β-unsaturated/α-hetero) is 1. The van der Waals surface area contributed by atoms with Crippen LogP contribution in [-0.4, -0.2) is 17.9 Å². The van der Waals surface area contributed by atoms with Crippen molar-refractivity contribution in [2.45, 2.75) is 31.9 Å². The second-order valence-corrected chi connectivity index (χ2v) is 4.54. The zero-order valence-corrected chi connectivity index (χ0v) is 10.0. The maximum Gasteiger partial charge on any atom is 0.389 e. The number of hydrogen-bond donors (Lipinski definition) is 1. The van der Waals surface area contributed by atoms with Gasteiger partial charge in [-0.05, 0) is 23.3 Å². The second-order valence-electron chi connectivity index (χ2n) is 4.54. The number of carbonyl (C=O) groups excluding carboxylic acids is 2. The number of ketones is 1. The molecule has 1 aliphatic rings. The van der Waals surface area contributed by atoms with Crippen molar-refractivity contribution < 1.29 is 22.8 Å². The van der Waals surface area contributed by atoms with Crippen molar-refractivity contribution in [1.29, 1.82) is 0 Å². The molecule has 0 atom stereocenters. The fourth-order valence-electron chi connectivity index (χ4n) is 2.01. The monoisotopic (exact) mass is 271 g/mol. The Hall–Kier alpha value is -1.85. The second kappa shape index (κ2) is 5.03. The fraction of sp³-hybridized carbons (Fsp3) is 0.385. The lowest BCUT2D eigenvalue weighted by atomic mass is 10.1. The van der Waals surface area contributed by atoms with E-state index in [1.807, 2.05) is 0 Å². The van der Waals surface area contributed by atoms with E-state index in [-0.39, 0.29) is 5.78 Å². The molecule has 2 rings (SSSR count). The van der Waals surface area contributed by atoms with Crippen LogP contribution in [-0.2, 0) is 22.4 Å². The Morgan fingerprint density at radius 2 is 1.89 bits per heavy atom. The minimum absolute atomic E-state index is 0.107. The normalized spacial score (nSPS) is 14.4. The summed E-state index contributed by atoms with van der Waals surface area (Å²) in [6.07, 6.45) is -5.36. The lowest BCUT2D eigenvalue weighted by Gasteiger charge is -2.08. The number of halogens is 3. The molecule has 3 nitrogen and oxygen atoms in total. The number of hydrogen-bond acceptors (Lipinski definition) is 2. The van der Waals surface area contributed by atoms with E-state index in [0.29, 0.717) is 18.5 Å². The van der Waals surface area contributed by atoms with Gasteiger partial charge in [0.05, 0.1) is 6.42 Å². The van der Waals surface area contributed by atoms with Crippen LogP contribution >= 0.6 is 0 Å². The Bertz CT molecular complexity index is 523. The molecule has 1 aromatic rings. The SMILES string of the molecule is O=C1Cc2ccc(NC(=O)CCC(F)(F)F)cc2C1. The van der Waals surface area contributed by atoms with E-state index in [0.717, 1.165) is 11.1 Å². The van der Waals surface area contributed by atoms with Crippen molar-refractivity contribution in [2.24, 2.45) is 0 Å². The molecule has 0 heterocycles. The molecular weight excluding hydrogens is 259 g/mol. The van der Waals surface area contributed by atoms with E-state index >= 15 is 0 Å². The van der Waals surface area contributed by atoms with Crippen LogP contribution in [0.3, 0.4) is 0 Å². The summed E-state index contributed by atoms with van der Waals surface area (Å²) in [6, 6.07) is 4.97. The lowest BCUT2D eigenvalue weighted by molar-refractivity contribution is -0.142. The van der Waals surface area contributed by atoms with Crippen LogP contribution in [0.1, 0.15) is 24.0 Å². The first-order valence-electron chi connectivity index (χ1n) is 5.83. The summed E-state index contributed by atoms with van der Waals surface area (Å²) in [5.41, 5.74) is 2.18. The van der Waals surface area contributed by atoms with Gasteiger partial charge < -0.3 is 5.32 Å². The summed E-state index contributed by atoms with van der Waals surface area (Å²) in [6.45, 7) is 0. The van der Waals surface area contributed by atoms with E-state index in [4.69, 9.17) is 0 Å². The summed E-state index contributed by atoms with van der Waals surface area (Å²) in [5, 5.41) is 2.41. The lowest BCUT2D eigenvalue weighted by Crippen LogP contribution is -2.16. The summed E-state index contributed by atoms with van der Waals surface area (Å²) >= 11 is 0. The number of rotatable bonds is 3. The minimum atomic E-state index is -4.33. The predicted octanol–water partition coefficient (Wildman–Crippen LogP) is 2.64. The van der Waals surface area contributed by atoms with Crippen LogP contribution in [0.15, 0.2) is 18.2 Å². The average Bonchev–Trinajstić information content (AvgIpc) is 2.65. The van der Waals surface area contributed by atoms with Gasteiger partial charge in [-0.15, -0.1) is 0 Å². The molecule has 1 N–H and O–H groups in total. The number of nitrogens with one attached hydrogen (secondary N) is 1. The molecular formula is C13H12F3NO2. The zero-order valence-electron chi connectivity index (χ0n) is 10.0. The highest BCUT2D eigenvalue weighted by molar-refractivity contribution is 5.92. The van der Waals surface area contributed by atoms with Gasteiger partial charge >= 0.3 is 6.18 Å². The van der Waals surface area contributed by atoms with E-state index in [1.54, 1.807) is 18.2 Å². The van der Waals surface area contributed by atoms with Crippen LogP contribution in [0.2, 0.25) is 0 Å². The Labute approximate surface area is 107 Å². The number of amides is 1. The molecule has 1 aromatic carbocycles. The van der Waals surface area contributed by atoms with Gasteiger partial charge in [0.1, 0.15) is 5.78 Å². The predicted molar refractivity (Wildman–Crippen MR) is 62.8 cm³/mol. The molecule has 6 heteroatoms. The number of benzene rings is 1. The van der Waals surface area contributed by atoms with E-state index in [9.17, 15) is 22.8 Å². The third-order valence-corrected chi connectivity index (χ3v) is 2.90. The van der Waals surface area contributed by atoms with Crippen LogP contribution < -0.4 is 5.32 Å². The molecule has 102 valence electrons. The quantitative estimate of drug-likeness (QED) is 0.918. The largest absolute Gasteiger partial charge is 0.389 e. The minimum Gasteiger partial charge on any atom is -0.326 e. The van der Waals surface area contributed by atoms with Crippen molar-refractivity contribution in [3.05, 3.63) is 29.3 Å². The van der Waals surface area contributed by atoms with E-state index < -0.39 is 24.9 Å². The van der Waals surface area contributed by atoms with Gasteiger partial charge in [0.25, 0.3) is 0 Å². The first-order valence-corrected chi connectivity index (χ1v) is 5.83. The highest BCUT2D eigenvalue weighted by atomic mass is 19.4. The van der Waals surface area contributed by atoms with Gasteiger partial charge in [-0.25, -0.2) is 0 Å². The Balaban J connectivity index is 1.95. The zero-order chi connectivity index (χ0) is 14.0. The molecule has 1 aliphatic carbocycles. The first kappa shape index (κ1) is 13.6. The fourth-order valence-corrected chi connectivity index (χ4v) is 2.01. The van der Waals surface area contributed by atoms with Gasteiger partial charge in [0.15, 0.2) is 0 Å².